The van der Waals surface area contributed by atoms with Crippen molar-refractivity contribution in [1.29, 1.82) is 0 Å². The van der Waals surface area contributed by atoms with Crippen LogP contribution >= 0.6 is 22.6 Å². The lowest BCUT2D eigenvalue weighted by molar-refractivity contribution is -0.119. The molecule has 0 fully saturated rings. The molecule has 0 heterocycles. The molecule has 25 heavy (non-hydrogen) atoms. The first-order valence-electron chi connectivity index (χ1n) is 7.58. The number of methoxy groups -OCH3 is 2. The van der Waals surface area contributed by atoms with Gasteiger partial charge in [-0.2, -0.15) is 5.10 Å². The Hall–Kier alpha value is -2.29. The first kappa shape index (κ1) is 19.0. The van der Waals surface area contributed by atoms with Crippen molar-refractivity contribution in [2.45, 2.75) is 6.92 Å². The molecular weight excluding hydrogens is 433 g/mol. The monoisotopic (exact) mass is 453 g/mol. The maximum absolute atomic E-state index is 11.9. The van der Waals surface area contributed by atoms with E-state index in [-0.39, 0.29) is 12.5 Å². The number of nitrogens with one attached hydrogen (secondary N) is 2. The predicted octanol–water partition coefficient (Wildman–Crippen LogP) is 3.26. The number of amides is 1. The molecule has 2 aromatic carbocycles. The van der Waals surface area contributed by atoms with Gasteiger partial charge < -0.3 is 14.8 Å². The Labute approximate surface area is 160 Å². The molecule has 0 aromatic heterocycles. The van der Waals surface area contributed by atoms with Gasteiger partial charge in [0, 0.05) is 20.9 Å². The molecule has 2 rings (SSSR count). The fraction of sp³-hybridized carbons (Fsp3) is 0.222. The van der Waals surface area contributed by atoms with Crippen LogP contribution in [0.5, 0.6) is 11.5 Å². The topological polar surface area (TPSA) is 72.0 Å². The third-order valence-corrected chi connectivity index (χ3v) is 4.16. The standard InChI is InChI=1S/C18H20IN3O3/c1-12(16-9-8-15(24-2)10-17(16)25-3)21-22-18(23)11-20-14-6-4-13(19)5-7-14/h4-10,20H,11H2,1-3H3,(H,22,23)/b21-12-. The highest BCUT2D eigenvalue weighted by atomic mass is 127. The third kappa shape index (κ3) is 5.63. The lowest BCUT2D eigenvalue weighted by Crippen LogP contribution is -2.26. The molecule has 0 bridgehead atoms. The Morgan fingerprint density at radius 1 is 1.12 bits per heavy atom. The molecule has 0 spiro atoms. The van der Waals surface area contributed by atoms with Crippen molar-refractivity contribution in [2.75, 3.05) is 26.1 Å². The summed E-state index contributed by atoms with van der Waals surface area (Å²) < 4.78 is 11.7. The first-order valence-corrected chi connectivity index (χ1v) is 8.66. The van der Waals surface area contributed by atoms with Crippen molar-refractivity contribution in [3.05, 3.63) is 51.6 Å². The maximum Gasteiger partial charge on any atom is 0.259 e. The molecule has 1 amide bonds. The van der Waals surface area contributed by atoms with E-state index in [1.165, 1.54) is 0 Å². The lowest BCUT2D eigenvalue weighted by atomic mass is 10.1. The van der Waals surface area contributed by atoms with Gasteiger partial charge in [0.15, 0.2) is 0 Å². The summed E-state index contributed by atoms with van der Waals surface area (Å²) in [5, 5.41) is 7.19. The van der Waals surface area contributed by atoms with Crippen LogP contribution in [0.3, 0.4) is 0 Å². The highest BCUT2D eigenvalue weighted by Crippen LogP contribution is 2.25. The van der Waals surface area contributed by atoms with Crippen molar-refractivity contribution in [3.63, 3.8) is 0 Å². The Kier molecular flexibility index (Phi) is 7.05. The van der Waals surface area contributed by atoms with E-state index in [2.05, 4.69) is 38.4 Å². The summed E-state index contributed by atoms with van der Waals surface area (Å²) in [4.78, 5) is 11.9. The number of anilines is 1. The zero-order chi connectivity index (χ0) is 18.2. The van der Waals surface area contributed by atoms with Crippen LogP contribution in [0.1, 0.15) is 12.5 Å². The molecule has 0 saturated carbocycles. The smallest absolute Gasteiger partial charge is 0.259 e. The van der Waals surface area contributed by atoms with Crippen LogP contribution in [-0.4, -0.2) is 32.4 Å². The van der Waals surface area contributed by atoms with Crippen molar-refractivity contribution < 1.29 is 14.3 Å². The van der Waals surface area contributed by atoms with Crippen LogP contribution in [-0.2, 0) is 4.79 Å². The van der Waals surface area contributed by atoms with E-state index in [4.69, 9.17) is 9.47 Å². The van der Waals surface area contributed by atoms with Gasteiger partial charge in [0.05, 0.1) is 26.5 Å². The second-order valence-corrected chi connectivity index (χ2v) is 6.40. The van der Waals surface area contributed by atoms with Gasteiger partial charge in [-0.15, -0.1) is 0 Å². The van der Waals surface area contributed by atoms with Gasteiger partial charge in [-0.1, -0.05) is 0 Å². The summed E-state index contributed by atoms with van der Waals surface area (Å²) in [5.41, 5.74) is 4.85. The Morgan fingerprint density at radius 2 is 1.84 bits per heavy atom. The van der Waals surface area contributed by atoms with Crippen molar-refractivity contribution >= 4 is 39.9 Å². The van der Waals surface area contributed by atoms with E-state index >= 15 is 0 Å². The number of benzene rings is 2. The number of nitrogens with zero attached hydrogens (tertiary/aromatic N) is 1. The molecule has 0 radical (unpaired) electrons. The molecule has 7 heteroatoms. The zero-order valence-electron chi connectivity index (χ0n) is 14.3. The molecule has 0 aliphatic rings. The summed E-state index contributed by atoms with van der Waals surface area (Å²) in [7, 11) is 3.17. The fourth-order valence-electron chi connectivity index (χ4n) is 2.09. The molecule has 132 valence electrons. The maximum atomic E-state index is 11.9. The van der Waals surface area contributed by atoms with E-state index < -0.39 is 0 Å². The van der Waals surface area contributed by atoms with E-state index in [0.717, 1.165) is 14.8 Å². The predicted molar refractivity (Wildman–Crippen MR) is 108 cm³/mol. The van der Waals surface area contributed by atoms with Crippen LogP contribution in [0.15, 0.2) is 47.6 Å². The van der Waals surface area contributed by atoms with Gasteiger partial charge in [-0.05, 0) is 65.9 Å². The summed E-state index contributed by atoms with van der Waals surface area (Å²) in [6.07, 6.45) is 0. The van der Waals surface area contributed by atoms with Crippen molar-refractivity contribution in [1.82, 2.24) is 5.43 Å². The molecule has 0 saturated heterocycles. The quantitative estimate of drug-likeness (QED) is 0.384. The lowest BCUT2D eigenvalue weighted by Gasteiger charge is -2.10. The summed E-state index contributed by atoms with van der Waals surface area (Å²) in [6, 6.07) is 13.2. The minimum Gasteiger partial charge on any atom is -0.497 e. The third-order valence-electron chi connectivity index (χ3n) is 3.44. The van der Waals surface area contributed by atoms with Crippen LogP contribution in [0.4, 0.5) is 5.69 Å². The van der Waals surface area contributed by atoms with Crippen molar-refractivity contribution in [3.8, 4) is 11.5 Å². The molecule has 2 N–H and O–H groups in total. The molecule has 0 aliphatic heterocycles. The molecule has 2 aromatic rings. The minimum absolute atomic E-state index is 0.136. The van der Waals surface area contributed by atoms with Gasteiger partial charge in [-0.25, -0.2) is 5.43 Å². The first-order chi connectivity index (χ1) is 12.0. The number of hydrogen-bond acceptors (Lipinski definition) is 5. The molecular formula is C18H20IN3O3. The summed E-state index contributed by atoms with van der Waals surface area (Å²) >= 11 is 2.23. The number of carbonyl (C=O) groups excluding carboxylic acids is 1. The Balaban J connectivity index is 1.96. The number of ether oxygens (including phenoxy) is 2. The summed E-state index contributed by atoms with van der Waals surface area (Å²) in [6.45, 7) is 1.94. The van der Waals surface area contributed by atoms with E-state index in [0.29, 0.717) is 17.2 Å². The number of hydrazone groups is 1. The highest BCUT2D eigenvalue weighted by Gasteiger charge is 2.09. The molecule has 6 nitrogen and oxygen atoms in total. The van der Waals surface area contributed by atoms with Crippen LogP contribution in [0.25, 0.3) is 0 Å². The van der Waals surface area contributed by atoms with Gasteiger partial charge in [0.2, 0.25) is 0 Å². The normalized spacial score (nSPS) is 11.0. The average molecular weight is 453 g/mol. The fourth-order valence-corrected chi connectivity index (χ4v) is 2.45. The van der Waals surface area contributed by atoms with Gasteiger partial charge in [-0.3, -0.25) is 4.79 Å². The Morgan fingerprint density at radius 3 is 2.48 bits per heavy atom. The molecule has 0 aliphatic carbocycles. The number of hydrogen-bond donors (Lipinski definition) is 2. The van der Waals surface area contributed by atoms with Gasteiger partial charge >= 0.3 is 0 Å². The average Bonchev–Trinajstić information content (AvgIpc) is 2.65. The Bertz CT molecular complexity index is 761. The second-order valence-electron chi connectivity index (χ2n) is 5.16. The number of carbonyl (C=O) groups is 1. The van der Waals surface area contributed by atoms with Crippen LogP contribution in [0.2, 0.25) is 0 Å². The second kappa shape index (κ2) is 9.26. The zero-order valence-corrected chi connectivity index (χ0v) is 16.5. The van der Waals surface area contributed by atoms with E-state index in [9.17, 15) is 4.79 Å². The minimum atomic E-state index is -0.231. The number of halogens is 1. The van der Waals surface area contributed by atoms with Crippen LogP contribution in [0, 0.1) is 3.57 Å². The van der Waals surface area contributed by atoms with E-state index in [1.807, 2.05) is 36.4 Å². The van der Waals surface area contributed by atoms with Crippen LogP contribution < -0.4 is 20.2 Å². The highest BCUT2D eigenvalue weighted by molar-refractivity contribution is 14.1. The van der Waals surface area contributed by atoms with Gasteiger partial charge in [0.1, 0.15) is 11.5 Å². The van der Waals surface area contributed by atoms with Gasteiger partial charge in [0.25, 0.3) is 5.91 Å². The van der Waals surface area contributed by atoms with E-state index in [1.54, 1.807) is 27.2 Å². The largest absolute Gasteiger partial charge is 0.497 e. The summed E-state index contributed by atoms with van der Waals surface area (Å²) in [5.74, 6) is 1.09. The SMILES string of the molecule is COc1ccc(/C(C)=N\NC(=O)CNc2ccc(I)cc2)c(OC)c1. The number of rotatable bonds is 7. The molecule has 0 atom stereocenters. The van der Waals surface area contributed by atoms with Crippen molar-refractivity contribution in [2.24, 2.45) is 5.10 Å². The molecule has 0 unspecified atom stereocenters.